The quantitative estimate of drug-likeness (QED) is 0.322. The predicted molar refractivity (Wildman–Crippen MR) is 38.9 cm³/mol. The SMILES string of the molecule is CC(=O)C1C(=O)NC(C)C1O.[H-].[Na+]. The van der Waals surface area contributed by atoms with Gasteiger partial charge >= 0.3 is 29.6 Å². The van der Waals surface area contributed by atoms with Gasteiger partial charge in [-0.1, -0.05) is 0 Å². The van der Waals surface area contributed by atoms with E-state index in [4.69, 9.17) is 0 Å². The van der Waals surface area contributed by atoms with E-state index in [0.717, 1.165) is 0 Å². The molecule has 1 aliphatic rings. The Kier molecular flexibility index (Phi) is 4.40. The standard InChI is InChI=1S/C7H11NO3.Na.H/c1-3-6(10)5(4(2)9)7(11)8-3;;/h3,5-6,10H,1-2H3,(H,8,11);;/q;+1;-1. The third-order valence-electron chi connectivity index (χ3n) is 1.94. The maximum Gasteiger partial charge on any atom is 1.00 e. The van der Waals surface area contributed by atoms with Crippen LogP contribution in [0.2, 0.25) is 0 Å². The van der Waals surface area contributed by atoms with Crippen LogP contribution in [0.15, 0.2) is 0 Å². The van der Waals surface area contributed by atoms with Crippen LogP contribution >= 0.6 is 0 Å². The summed E-state index contributed by atoms with van der Waals surface area (Å²) in [6.07, 6.45) is -0.861. The topological polar surface area (TPSA) is 66.4 Å². The van der Waals surface area contributed by atoms with Crippen LogP contribution in [0, 0.1) is 5.92 Å². The number of carbonyl (C=O) groups excluding carboxylic acids is 2. The zero-order valence-corrected chi connectivity index (χ0v) is 9.50. The van der Waals surface area contributed by atoms with Gasteiger partial charge in [-0.25, -0.2) is 0 Å². The first-order valence-electron chi connectivity index (χ1n) is 3.53. The minimum absolute atomic E-state index is 0. The largest absolute Gasteiger partial charge is 1.00 e. The van der Waals surface area contributed by atoms with Crippen molar-refractivity contribution in [2.75, 3.05) is 0 Å². The molecule has 5 heteroatoms. The Morgan fingerprint density at radius 3 is 2.33 bits per heavy atom. The van der Waals surface area contributed by atoms with Crippen LogP contribution in [-0.4, -0.2) is 28.9 Å². The number of aliphatic hydroxyl groups is 1. The molecule has 2 N–H and O–H groups in total. The van der Waals surface area contributed by atoms with Crippen molar-refractivity contribution < 1.29 is 45.7 Å². The van der Waals surface area contributed by atoms with Gasteiger partial charge in [0.25, 0.3) is 0 Å². The monoisotopic (exact) mass is 181 g/mol. The number of rotatable bonds is 1. The smallest absolute Gasteiger partial charge is 1.00 e. The Hall–Kier alpha value is 0.1000. The Bertz CT molecular complexity index is 212. The fourth-order valence-corrected chi connectivity index (χ4v) is 1.27. The molecule has 0 saturated carbocycles. The number of aliphatic hydroxyl groups excluding tert-OH is 1. The van der Waals surface area contributed by atoms with Crippen molar-refractivity contribution in [3.8, 4) is 0 Å². The average Bonchev–Trinajstić information content (AvgIpc) is 2.07. The van der Waals surface area contributed by atoms with Crippen LogP contribution in [0.1, 0.15) is 15.3 Å². The van der Waals surface area contributed by atoms with Gasteiger partial charge in [-0.05, 0) is 13.8 Å². The van der Waals surface area contributed by atoms with Crippen LogP contribution in [0.3, 0.4) is 0 Å². The van der Waals surface area contributed by atoms with E-state index in [2.05, 4.69) is 5.32 Å². The zero-order chi connectivity index (χ0) is 8.59. The van der Waals surface area contributed by atoms with E-state index in [1.807, 2.05) is 0 Å². The van der Waals surface area contributed by atoms with Gasteiger partial charge in [0.15, 0.2) is 0 Å². The van der Waals surface area contributed by atoms with Crippen molar-refractivity contribution in [1.29, 1.82) is 0 Å². The Balaban J connectivity index is 0. The van der Waals surface area contributed by atoms with Crippen LogP contribution in [0.25, 0.3) is 0 Å². The molecule has 0 bridgehead atoms. The van der Waals surface area contributed by atoms with Crippen LogP contribution in [-0.2, 0) is 9.59 Å². The van der Waals surface area contributed by atoms with Crippen molar-refractivity contribution in [1.82, 2.24) is 5.32 Å². The van der Waals surface area contributed by atoms with Gasteiger partial charge in [-0.3, -0.25) is 9.59 Å². The zero-order valence-electron chi connectivity index (χ0n) is 8.50. The van der Waals surface area contributed by atoms with Gasteiger partial charge in [-0.15, -0.1) is 0 Å². The van der Waals surface area contributed by atoms with Crippen molar-refractivity contribution in [2.24, 2.45) is 5.92 Å². The summed E-state index contributed by atoms with van der Waals surface area (Å²) in [5.74, 6) is -1.50. The molecule has 1 fully saturated rings. The van der Waals surface area contributed by atoms with Crippen molar-refractivity contribution in [3.63, 3.8) is 0 Å². The number of nitrogens with one attached hydrogen (secondary N) is 1. The third kappa shape index (κ3) is 2.07. The Labute approximate surface area is 94.5 Å². The van der Waals surface area contributed by atoms with Gasteiger partial charge in [0.1, 0.15) is 11.7 Å². The Morgan fingerprint density at radius 2 is 2.17 bits per heavy atom. The molecular weight excluding hydrogens is 169 g/mol. The number of carbonyl (C=O) groups is 2. The van der Waals surface area contributed by atoms with Crippen molar-refractivity contribution >= 4 is 11.7 Å². The Morgan fingerprint density at radius 1 is 1.67 bits per heavy atom. The second-order valence-electron chi connectivity index (χ2n) is 2.88. The van der Waals surface area contributed by atoms with E-state index in [0.29, 0.717) is 0 Å². The second-order valence-corrected chi connectivity index (χ2v) is 2.88. The molecule has 1 heterocycles. The molecule has 0 aromatic rings. The molecule has 64 valence electrons. The van der Waals surface area contributed by atoms with Gasteiger partial charge < -0.3 is 11.8 Å². The molecule has 4 nitrogen and oxygen atoms in total. The first-order valence-corrected chi connectivity index (χ1v) is 3.53. The number of ketones is 1. The molecule has 0 radical (unpaired) electrons. The van der Waals surface area contributed by atoms with E-state index in [-0.39, 0.29) is 48.7 Å². The number of hydrogen-bond donors (Lipinski definition) is 2. The summed E-state index contributed by atoms with van der Waals surface area (Å²) in [7, 11) is 0. The number of hydrogen-bond acceptors (Lipinski definition) is 3. The van der Waals surface area contributed by atoms with Crippen LogP contribution < -0.4 is 34.9 Å². The maximum atomic E-state index is 10.9. The minimum Gasteiger partial charge on any atom is -1.00 e. The average molecular weight is 181 g/mol. The van der Waals surface area contributed by atoms with Gasteiger partial charge in [0.05, 0.1) is 12.1 Å². The normalized spacial score (nSPS) is 33.9. The fourth-order valence-electron chi connectivity index (χ4n) is 1.27. The summed E-state index contributed by atoms with van der Waals surface area (Å²) < 4.78 is 0. The molecule has 0 aromatic heterocycles. The summed E-state index contributed by atoms with van der Waals surface area (Å²) in [6, 6.07) is -0.309. The minimum atomic E-state index is -0.861. The molecular formula is C7H12NNaO3. The maximum absolute atomic E-state index is 10.9. The first-order chi connectivity index (χ1) is 5.04. The summed E-state index contributed by atoms with van der Waals surface area (Å²) in [5, 5.41) is 11.8. The molecule has 0 spiro atoms. The fraction of sp³-hybridized carbons (Fsp3) is 0.714. The molecule has 1 amide bonds. The summed E-state index contributed by atoms with van der Waals surface area (Å²) in [6.45, 7) is 2.98. The van der Waals surface area contributed by atoms with Crippen molar-refractivity contribution in [3.05, 3.63) is 0 Å². The summed E-state index contributed by atoms with van der Waals surface area (Å²) >= 11 is 0. The van der Waals surface area contributed by atoms with Crippen molar-refractivity contribution in [2.45, 2.75) is 26.0 Å². The summed E-state index contributed by atoms with van der Waals surface area (Å²) in [4.78, 5) is 21.7. The molecule has 1 rings (SSSR count). The van der Waals surface area contributed by atoms with Gasteiger partial charge in [0, 0.05) is 0 Å². The second kappa shape index (κ2) is 4.37. The van der Waals surface area contributed by atoms with E-state index < -0.39 is 12.0 Å². The molecule has 1 saturated heterocycles. The molecule has 1 aliphatic heterocycles. The number of Topliss-reactive ketones (excluding diaryl/α,β-unsaturated/α-hetero) is 1. The molecule has 3 atom stereocenters. The summed E-state index contributed by atoms with van der Waals surface area (Å²) in [5.41, 5.74) is 0. The number of amides is 1. The van der Waals surface area contributed by atoms with Gasteiger partial charge in [0.2, 0.25) is 5.91 Å². The van der Waals surface area contributed by atoms with E-state index >= 15 is 0 Å². The van der Waals surface area contributed by atoms with E-state index in [9.17, 15) is 14.7 Å². The molecule has 0 aliphatic carbocycles. The van der Waals surface area contributed by atoms with E-state index in [1.165, 1.54) is 6.92 Å². The predicted octanol–water partition coefficient (Wildman–Crippen LogP) is -3.81. The van der Waals surface area contributed by atoms with E-state index in [1.54, 1.807) is 6.92 Å². The van der Waals surface area contributed by atoms with Crippen LogP contribution in [0.5, 0.6) is 0 Å². The molecule has 3 unspecified atom stereocenters. The van der Waals surface area contributed by atoms with Gasteiger partial charge in [-0.2, -0.15) is 0 Å². The first kappa shape index (κ1) is 12.1. The molecule has 12 heavy (non-hydrogen) atoms. The molecule has 0 aromatic carbocycles. The third-order valence-corrected chi connectivity index (χ3v) is 1.94. The van der Waals surface area contributed by atoms with Crippen LogP contribution in [0.4, 0.5) is 0 Å².